The fourth-order valence-electron chi connectivity index (χ4n) is 0. The molecule has 0 rings (SSSR count). The molecule has 0 aromatic heterocycles. The number of halogens is 2. The van der Waals surface area contributed by atoms with Gasteiger partial charge in [-0.1, -0.05) is 0 Å². The summed E-state index contributed by atoms with van der Waals surface area (Å²) in [4.78, 5) is 0. The quantitative estimate of drug-likeness (QED) is 0.316. The molecule has 0 aromatic rings. The first-order chi connectivity index (χ1) is 4.00. The summed E-state index contributed by atoms with van der Waals surface area (Å²) in [6, 6.07) is 0. The Morgan fingerprint density at radius 3 is 0.429 bits per heavy atom. The summed E-state index contributed by atoms with van der Waals surface area (Å²) in [6.07, 6.45) is 0. The molecule has 0 bridgehead atoms. The van der Waals surface area contributed by atoms with Crippen LogP contribution in [0.1, 0.15) is 0 Å². The molecule has 0 aromatic carbocycles. The molecule has 0 spiro atoms. The minimum absolute atomic E-state index is 0. The molecule has 88 valence electrons. The van der Waals surface area contributed by atoms with Crippen LogP contribution in [-0.4, -0.2) is 16.4 Å². The standard InChI is InChI=1S/2ClHO4.Hg.3H2O/c2*2-1(3,4)5;;;;/h2*(H,2,3,4,5);;3*1H2/q;;+2;;;/p-2. The van der Waals surface area contributed by atoms with Crippen LogP contribution >= 0.6 is 0 Å². The third kappa shape index (κ3) is 1650. The van der Waals surface area contributed by atoms with Crippen molar-refractivity contribution in [2.45, 2.75) is 0 Å². The second-order valence-corrected chi connectivity index (χ2v) is 2.27. The third-order valence-corrected chi connectivity index (χ3v) is 0. The molecule has 0 aliphatic rings. The van der Waals surface area contributed by atoms with Crippen molar-refractivity contribution in [3.8, 4) is 0 Å². The van der Waals surface area contributed by atoms with Gasteiger partial charge >= 0.3 is 27.7 Å². The van der Waals surface area contributed by atoms with Gasteiger partial charge in [-0.15, -0.1) is 20.5 Å². The van der Waals surface area contributed by atoms with E-state index in [0.717, 1.165) is 0 Å². The van der Waals surface area contributed by atoms with E-state index in [4.69, 9.17) is 37.3 Å². The molecule has 0 heterocycles. The molecule has 0 amide bonds. The summed E-state index contributed by atoms with van der Waals surface area (Å²) in [5.74, 6) is 0. The van der Waals surface area contributed by atoms with Crippen molar-refractivity contribution >= 4 is 0 Å². The van der Waals surface area contributed by atoms with E-state index in [1.807, 2.05) is 0 Å². The third-order valence-electron chi connectivity index (χ3n) is 0. The fraction of sp³-hybridized carbons (Fsp3) is 0. The molecule has 0 aliphatic heterocycles. The zero-order valence-electron chi connectivity index (χ0n) is 6.23. The summed E-state index contributed by atoms with van der Waals surface area (Å²) >= 11 is 0. The van der Waals surface area contributed by atoms with Crippen molar-refractivity contribution in [3.05, 3.63) is 0 Å². The zero-order valence-corrected chi connectivity index (χ0v) is 13.2. The van der Waals surface area contributed by atoms with Gasteiger partial charge in [0.2, 0.25) is 0 Å². The molecule has 0 unspecified atom stereocenters. The van der Waals surface area contributed by atoms with Crippen molar-refractivity contribution in [1.82, 2.24) is 0 Å². The van der Waals surface area contributed by atoms with Gasteiger partial charge in [0, 0.05) is 0 Å². The van der Waals surface area contributed by atoms with Gasteiger partial charge in [0.05, 0.1) is 0 Å². The molecule has 0 aliphatic carbocycles. The van der Waals surface area contributed by atoms with Crippen molar-refractivity contribution in [2.24, 2.45) is 0 Å². The summed E-state index contributed by atoms with van der Waals surface area (Å²) in [6.45, 7) is 0. The van der Waals surface area contributed by atoms with Crippen LogP contribution in [0.3, 0.4) is 0 Å². The van der Waals surface area contributed by atoms with Gasteiger partial charge in [0.15, 0.2) is 0 Å². The Hall–Kier alpha value is 1.08. The van der Waals surface area contributed by atoms with Gasteiger partial charge in [-0.05, 0) is 0 Å². The summed E-state index contributed by atoms with van der Waals surface area (Å²) in [5, 5.41) is 0. The SMILES string of the molecule is O.O.O.[Hg+2].[O-][Cl+3]([O-])([O-])[O-].[O-][Cl+3]([O-])([O-])[O-]. The van der Waals surface area contributed by atoms with Crippen LogP contribution in [0.2, 0.25) is 0 Å². The van der Waals surface area contributed by atoms with E-state index < -0.39 is 20.5 Å². The number of hydrogen-bond acceptors (Lipinski definition) is 8. The average Bonchev–Trinajstić information content (AvgIpc) is 1.12. The minimum Gasteiger partial charge on any atom is -0.412 e. The van der Waals surface area contributed by atoms with Gasteiger partial charge in [0.1, 0.15) is 0 Å². The molecule has 11 nitrogen and oxygen atoms in total. The molecule has 0 atom stereocenters. The first kappa shape index (κ1) is 36.3. The fourth-order valence-corrected chi connectivity index (χ4v) is 0. The Bertz CT molecular complexity index is 56.3. The van der Waals surface area contributed by atoms with Crippen LogP contribution in [0.25, 0.3) is 0 Å². The van der Waals surface area contributed by atoms with Crippen LogP contribution < -0.4 is 37.3 Å². The molecule has 0 radical (unpaired) electrons. The summed E-state index contributed by atoms with van der Waals surface area (Å²) in [5.41, 5.74) is 0. The maximum atomic E-state index is 8.49. The topological polar surface area (TPSA) is 279 Å². The molecule has 0 saturated carbocycles. The Morgan fingerprint density at radius 2 is 0.429 bits per heavy atom. The minimum atomic E-state index is -4.94. The Kier molecular flexibility index (Phi) is 36.5. The molecule has 6 N–H and O–H groups in total. The maximum absolute atomic E-state index is 8.49. The van der Waals surface area contributed by atoms with E-state index in [2.05, 4.69) is 0 Å². The van der Waals surface area contributed by atoms with Crippen LogP contribution in [0.5, 0.6) is 0 Å². The summed E-state index contributed by atoms with van der Waals surface area (Å²) < 4.78 is 67.9. The number of rotatable bonds is 0. The second kappa shape index (κ2) is 14.1. The smallest absolute Gasteiger partial charge is 0.412 e. The first-order valence-electron chi connectivity index (χ1n) is 1.23. The molecular formula is H6Cl2HgO11. The Balaban J connectivity index is -0.0000000178. The van der Waals surface area contributed by atoms with E-state index in [0.29, 0.717) is 0 Å². The van der Waals surface area contributed by atoms with Gasteiger partial charge < -0.3 is 16.4 Å². The molecule has 0 fully saturated rings. The van der Waals surface area contributed by atoms with Crippen molar-refractivity contribution in [1.29, 1.82) is 0 Å². The Labute approximate surface area is 102 Å². The van der Waals surface area contributed by atoms with Crippen LogP contribution in [-0.2, 0) is 27.7 Å². The van der Waals surface area contributed by atoms with Crippen LogP contribution in [0, 0.1) is 20.5 Å². The van der Waals surface area contributed by atoms with Gasteiger partial charge in [0.25, 0.3) is 0 Å². The molecule has 0 saturated heterocycles. The maximum Gasteiger partial charge on any atom is 2.00 e. The normalized spacial score (nSPS) is 8.57. The van der Waals surface area contributed by atoms with Crippen LogP contribution in [0.4, 0.5) is 0 Å². The largest absolute Gasteiger partial charge is 2.00 e. The van der Waals surface area contributed by atoms with E-state index in [1.165, 1.54) is 0 Å². The molecule has 14 heavy (non-hydrogen) atoms. The first-order valence-corrected chi connectivity index (χ1v) is 3.70. The number of hydrogen-bond donors (Lipinski definition) is 0. The average molecular weight is 454 g/mol. The predicted molar refractivity (Wildman–Crippen MR) is 10.8 cm³/mol. The predicted octanol–water partition coefficient (Wildman–Crippen LogP) is -12.0. The van der Waals surface area contributed by atoms with Crippen molar-refractivity contribution in [2.75, 3.05) is 0 Å². The van der Waals surface area contributed by atoms with Crippen molar-refractivity contribution in [3.63, 3.8) is 0 Å². The summed E-state index contributed by atoms with van der Waals surface area (Å²) in [7, 11) is -9.89. The van der Waals surface area contributed by atoms with Gasteiger partial charge in [-0.3, -0.25) is 0 Å². The molecular weight excluding hydrogens is 447 g/mol. The molecule has 14 heteroatoms. The van der Waals surface area contributed by atoms with E-state index in [-0.39, 0.29) is 44.1 Å². The van der Waals surface area contributed by atoms with E-state index in [9.17, 15) is 0 Å². The van der Waals surface area contributed by atoms with Gasteiger partial charge in [-0.2, -0.15) is 0 Å². The van der Waals surface area contributed by atoms with Crippen LogP contribution in [0.15, 0.2) is 0 Å². The Morgan fingerprint density at radius 1 is 0.429 bits per heavy atom. The zero-order chi connectivity index (χ0) is 9.00. The monoisotopic (exact) mass is 454 g/mol. The van der Waals surface area contributed by atoms with E-state index in [1.54, 1.807) is 0 Å². The van der Waals surface area contributed by atoms with E-state index >= 15 is 0 Å². The van der Waals surface area contributed by atoms with Crippen molar-refractivity contribution < 1.29 is 102 Å². The van der Waals surface area contributed by atoms with Gasteiger partial charge in [-0.25, -0.2) is 37.3 Å². The second-order valence-electron chi connectivity index (χ2n) is 0.756.